The largest absolute Gasteiger partial charge is 0.378 e. The molecule has 0 aromatic rings. The van der Waals surface area contributed by atoms with E-state index in [4.69, 9.17) is 29.7 Å². The van der Waals surface area contributed by atoms with Gasteiger partial charge in [-0.1, -0.05) is 0 Å². The first-order valence-corrected chi connectivity index (χ1v) is 7.82. The molecule has 0 fully saturated rings. The molecule has 104 valence electrons. The van der Waals surface area contributed by atoms with Crippen molar-refractivity contribution in [2.75, 3.05) is 52.8 Å². The summed E-state index contributed by atoms with van der Waals surface area (Å²) >= 11 is 4.25. The molecule has 0 aromatic carbocycles. The minimum atomic E-state index is -3.55. The molecular weight excluding hydrogens is 269 g/mol. The summed E-state index contributed by atoms with van der Waals surface area (Å²) in [5, 5.41) is 0. The van der Waals surface area contributed by atoms with Gasteiger partial charge in [0, 0.05) is 6.54 Å². The number of rotatable bonds is 12. The van der Waals surface area contributed by atoms with Crippen LogP contribution in [-0.4, -0.2) is 62.6 Å². The summed E-state index contributed by atoms with van der Waals surface area (Å²) in [7, 11) is 0. The Morgan fingerprint density at radius 3 is 1.65 bits per heavy atom. The molecule has 0 radical (unpaired) electrons. The Morgan fingerprint density at radius 2 is 1.24 bits per heavy atom. The lowest BCUT2D eigenvalue weighted by Gasteiger charge is -2.09. The van der Waals surface area contributed by atoms with E-state index in [0.717, 1.165) is 0 Å². The second-order valence-corrected chi connectivity index (χ2v) is 5.62. The summed E-state index contributed by atoms with van der Waals surface area (Å²) < 4.78 is 19.9. The second-order valence-electron chi connectivity index (χ2n) is 2.95. The first kappa shape index (κ1) is 17.4. The zero-order valence-electron chi connectivity index (χ0n) is 9.62. The molecule has 0 aliphatic rings. The van der Waals surface area contributed by atoms with E-state index in [1.165, 1.54) is 0 Å². The van der Waals surface area contributed by atoms with E-state index < -0.39 is 6.72 Å². The van der Waals surface area contributed by atoms with Crippen molar-refractivity contribution in [3.63, 3.8) is 0 Å². The van der Waals surface area contributed by atoms with Gasteiger partial charge in [0.25, 0.3) is 0 Å². The molecule has 0 rings (SSSR count). The third kappa shape index (κ3) is 16.4. The third-order valence-corrected chi connectivity index (χ3v) is 2.33. The van der Waals surface area contributed by atoms with Gasteiger partial charge in [-0.15, -0.1) is 0 Å². The maximum Gasteiger partial charge on any atom is 0.321 e. The van der Waals surface area contributed by atoms with E-state index in [9.17, 15) is 0 Å². The zero-order valence-corrected chi connectivity index (χ0v) is 11.3. The standard InChI is InChI=1S/C8H20NO6PS/c9-1-2-12-3-4-13-5-6-14-7-8-15-16(10,11)17/h1-9H2,(H2,10,11,17). The molecule has 0 spiro atoms. The molecule has 0 saturated heterocycles. The van der Waals surface area contributed by atoms with E-state index >= 15 is 0 Å². The lowest BCUT2D eigenvalue weighted by atomic mass is 10.7. The van der Waals surface area contributed by atoms with Crippen LogP contribution in [0.3, 0.4) is 0 Å². The van der Waals surface area contributed by atoms with Crippen LogP contribution in [0.1, 0.15) is 0 Å². The molecule has 7 nitrogen and oxygen atoms in total. The van der Waals surface area contributed by atoms with Crippen molar-refractivity contribution >= 4 is 18.5 Å². The topological polar surface area (TPSA) is 103 Å². The smallest absolute Gasteiger partial charge is 0.321 e. The first-order valence-electron chi connectivity index (χ1n) is 5.19. The van der Waals surface area contributed by atoms with Crippen LogP contribution >= 0.6 is 6.72 Å². The van der Waals surface area contributed by atoms with Gasteiger partial charge >= 0.3 is 6.72 Å². The predicted molar refractivity (Wildman–Crippen MR) is 66.2 cm³/mol. The van der Waals surface area contributed by atoms with Crippen LogP contribution in [0, 0.1) is 0 Å². The Balaban J connectivity index is 3.01. The second kappa shape index (κ2) is 11.5. The Bertz CT molecular complexity index is 214. The minimum absolute atomic E-state index is 0.0594. The van der Waals surface area contributed by atoms with Crippen molar-refractivity contribution in [3.8, 4) is 0 Å². The number of ether oxygens (including phenoxy) is 3. The van der Waals surface area contributed by atoms with Gasteiger partial charge in [0.2, 0.25) is 0 Å². The Morgan fingerprint density at radius 1 is 0.824 bits per heavy atom. The summed E-state index contributed by atoms with van der Waals surface area (Å²) in [6, 6.07) is 0. The average molecular weight is 289 g/mol. The van der Waals surface area contributed by atoms with Gasteiger partial charge < -0.3 is 34.3 Å². The van der Waals surface area contributed by atoms with Crippen molar-refractivity contribution in [3.05, 3.63) is 0 Å². The number of hydrogen-bond donors (Lipinski definition) is 3. The third-order valence-electron chi connectivity index (χ3n) is 1.49. The van der Waals surface area contributed by atoms with Gasteiger partial charge in [-0.05, 0) is 11.8 Å². The summed E-state index contributed by atoms with van der Waals surface area (Å²) in [4.78, 5) is 17.4. The summed E-state index contributed by atoms with van der Waals surface area (Å²) in [5.74, 6) is 0. The van der Waals surface area contributed by atoms with Crippen LogP contribution in [0.25, 0.3) is 0 Å². The van der Waals surface area contributed by atoms with Gasteiger partial charge in [0.05, 0.1) is 46.2 Å². The molecule has 17 heavy (non-hydrogen) atoms. The highest BCUT2D eigenvalue weighted by Gasteiger charge is 2.06. The van der Waals surface area contributed by atoms with E-state index in [-0.39, 0.29) is 13.2 Å². The van der Waals surface area contributed by atoms with Crippen LogP contribution in [0.4, 0.5) is 0 Å². The fraction of sp³-hybridized carbons (Fsp3) is 1.00. The fourth-order valence-corrected chi connectivity index (χ4v) is 1.38. The van der Waals surface area contributed by atoms with Crippen LogP contribution in [0.2, 0.25) is 0 Å². The van der Waals surface area contributed by atoms with E-state index in [1.807, 2.05) is 0 Å². The van der Waals surface area contributed by atoms with Crippen molar-refractivity contribution in [1.29, 1.82) is 0 Å². The molecule has 0 aliphatic heterocycles. The van der Waals surface area contributed by atoms with Crippen LogP contribution < -0.4 is 5.73 Å². The lowest BCUT2D eigenvalue weighted by molar-refractivity contribution is 0.00982. The maximum absolute atomic E-state index is 8.72. The van der Waals surface area contributed by atoms with Gasteiger partial charge in [-0.2, -0.15) is 0 Å². The van der Waals surface area contributed by atoms with Crippen LogP contribution in [0.15, 0.2) is 0 Å². The maximum atomic E-state index is 8.72. The highest BCUT2D eigenvalue weighted by atomic mass is 32.5. The lowest BCUT2D eigenvalue weighted by Crippen LogP contribution is -2.14. The van der Waals surface area contributed by atoms with Crippen molar-refractivity contribution in [2.45, 2.75) is 0 Å². The minimum Gasteiger partial charge on any atom is -0.378 e. The molecule has 0 aliphatic carbocycles. The van der Waals surface area contributed by atoms with Gasteiger partial charge in [0.15, 0.2) is 0 Å². The van der Waals surface area contributed by atoms with Crippen LogP contribution in [0.5, 0.6) is 0 Å². The summed E-state index contributed by atoms with van der Waals surface area (Å²) in [6.07, 6.45) is 0. The Hall–Kier alpha value is 0.370. The fourth-order valence-electron chi connectivity index (χ4n) is 0.840. The molecular formula is C8H20NO6PS. The van der Waals surface area contributed by atoms with Crippen molar-refractivity contribution in [2.24, 2.45) is 5.73 Å². The van der Waals surface area contributed by atoms with Crippen molar-refractivity contribution in [1.82, 2.24) is 0 Å². The monoisotopic (exact) mass is 289 g/mol. The molecule has 0 aromatic heterocycles. The molecule has 0 heterocycles. The molecule has 0 amide bonds. The average Bonchev–Trinajstić information content (AvgIpc) is 2.24. The zero-order chi connectivity index (χ0) is 13.0. The first-order chi connectivity index (χ1) is 8.06. The SMILES string of the molecule is NCCOCCOCCOCCOP(O)(O)=S. The highest BCUT2D eigenvalue weighted by Crippen LogP contribution is 2.35. The molecule has 4 N–H and O–H groups in total. The molecule has 0 atom stereocenters. The Kier molecular flexibility index (Phi) is 11.7. The normalized spacial score (nSPS) is 11.9. The predicted octanol–water partition coefficient (Wildman–Crippen LogP) is -0.779. The molecule has 0 unspecified atom stereocenters. The van der Waals surface area contributed by atoms with Crippen molar-refractivity contribution < 1.29 is 28.5 Å². The number of hydrogen-bond acceptors (Lipinski definition) is 6. The Labute approximate surface area is 106 Å². The molecule has 0 bridgehead atoms. The van der Waals surface area contributed by atoms with E-state index in [1.54, 1.807) is 0 Å². The van der Waals surface area contributed by atoms with Crippen LogP contribution in [-0.2, 0) is 30.5 Å². The van der Waals surface area contributed by atoms with E-state index in [2.05, 4.69) is 16.3 Å². The quantitative estimate of drug-likeness (QED) is 0.317. The number of nitrogens with two attached hydrogens (primary N) is 1. The molecule has 0 saturated carbocycles. The van der Waals surface area contributed by atoms with Gasteiger partial charge in [-0.25, -0.2) is 0 Å². The molecule has 9 heteroatoms. The highest BCUT2D eigenvalue weighted by molar-refractivity contribution is 8.06. The summed E-state index contributed by atoms with van der Waals surface area (Å²) in [6.45, 7) is -0.355. The summed E-state index contributed by atoms with van der Waals surface area (Å²) in [5.41, 5.74) is 5.23. The van der Waals surface area contributed by atoms with E-state index in [0.29, 0.717) is 39.6 Å². The van der Waals surface area contributed by atoms with Gasteiger partial charge in [0.1, 0.15) is 0 Å². The van der Waals surface area contributed by atoms with Gasteiger partial charge in [-0.3, -0.25) is 0 Å².